The lowest BCUT2D eigenvalue weighted by Crippen LogP contribution is -2.17. The van der Waals surface area contributed by atoms with Gasteiger partial charge in [0.2, 0.25) is 0 Å². The van der Waals surface area contributed by atoms with E-state index in [1.165, 1.54) is 0 Å². The zero-order chi connectivity index (χ0) is 13.2. The third kappa shape index (κ3) is 4.43. The average molecular weight is 297 g/mol. The summed E-state index contributed by atoms with van der Waals surface area (Å²) in [5, 5.41) is -0.828. The Morgan fingerprint density at radius 1 is 1.12 bits per heavy atom. The van der Waals surface area contributed by atoms with Gasteiger partial charge in [-0.1, -0.05) is 23.2 Å². The Morgan fingerprint density at radius 2 is 1.71 bits per heavy atom. The van der Waals surface area contributed by atoms with Crippen molar-refractivity contribution in [3.05, 3.63) is 22.2 Å². The number of halogens is 7. The van der Waals surface area contributed by atoms with Gasteiger partial charge in [0.1, 0.15) is 16.5 Å². The number of rotatable bonds is 3. The minimum atomic E-state index is -4.97. The summed E-state index contributed by atoms with van der Waals surface area (Å²) in [7, 11) is 0. The molecule has 9 heteroatoms. The molecule has 0 heterocycles. The van der Waals surface area contributed by atoms with E-state index in [4.69, 9.17) is 23.2 Å². The highest BCUT2D eigenvalue weighted by atomic mass is 35.5. The summed E-state index contributed by atoms with van der Waals surface area (Å²) in [6.07, 6.45) is -4.97. The standard InChI is InChI=1S/C8H3Cl2F5O2/c9-4-1-3(17-8(13,14)15)2-5(6(4)10)16-7(11)12/h1-2,7H. The van der Waals surface area contributed by atoms with E-state index in [1.54, 1.807) is 0 Å². The first kappa shape index (κ1) is 14.1. The van der Waals surface area contributed by atoms with Crippen molar-refractivity contribution in [1.82, 2.24) is 0 Å². The molecule has 17 heavy (non-hydrogen) atoms. The molecule has 1 rings (SSSR count). The van der Waals surface area contributed by atoms with Crippen LogP contribution in [0.15, 0.2) is 12.1 Å². The van der Waals surface area contributed by atoms with Crippen molar-refractivity contribution in [2.45, 2.75) is 13.0 Å². The van der Waals surface area contributed by atoms with Crippen LogP contribution in [0.4, 0.5) is 22.0 Å². The Labute approximate surface area is 102 Å². The van der Waals surface area contributed by atoms with E-state index < -0.39 is 34.5 Å². The molecule has 1 aromatic rings. The highest BCUT2D eigenvalue weighted by Crippen LogP contribution is 2.38. The molecule has 0 amide bonds. The monoisotopic (exact) mass is 296 g/mol. The lowest BCUT2D eigenvalue weighted by molar-refractivity contribution is -0.274. The van der Waals surface area contributed by atoms with Crippen molar-refractivity contribution in [1.29, 1.82) is 0 Å². The van der Waals surface area contributed by atoms with Crippen molar-refractivity contribution in [2.24, 2.45) is 0 Å². The minimum absolute atomic E-state index is 0.399. The summed E-state index contributed by atoms with van der Waals surface area (Å²) < 4.78 is 66.8. The van der Waals surface area contributed by atoms with Gasteiger partial charge in [0.25, 0.3) is 0 Å². The SMILES string of the molecule is FC(F)Oc1cc(OC(F)(F)F)cc(Cl)c1Cl. The molecule has 0 saturated carbocycles. The van der Waals surface area contributed by atoms with Gasteiger partial charge in [-0.05, 0) is 0 Å². The highest BCUT2D eigenvalue weighted by Gasteiger charge is 2.32. The third-order valence-electron chi connectivity index (χ3n) is 1.42. The van der Waals surface area contributed by atoms with Crippen LogP contribution in [0.5, 0.6) is 11.5 Å². The molecule has 0 spiro atoms. The van der Waals surface area contributed by atoms with Crippen LogP contribution in [0, 0.1) is 0 Å². The van der Waals surface area contributed by atoms with Crippen molar-refractivity contribution < 1.29 is 31.4 Å². The lowest BCUT2D eigenvalue weighted by atomic mass is 10.3. The largest absolute Gasteiger partial charge is 0.573 e. The average Bonchev–Trinajstić information content (AvgIpc) is 2.09. The molecule has 1 aromatic carbocycles. The fraction of sp³-hybridized carbons (Fsp3) is 0.250. The van der Waals surface area contributed by atoms with Crippen molar-refractivity contribution in [3.8, 4) is 11.5 Å². The zero-order valence-corrected chi connectivity index (χ0v) is 9.21. The molecule has 0 saturated heterocycles. The Balaban J connectivity index is 3.06. The van der Waals surface area contributed by atoms with Gasteiger partial charge in [0, 0.05) is 12.1 Å². The molecule has 0 aliphatic rings. The number of hydrogen-bond acceptors (Lipinski definition) is 2. The third-order valence-corrected chi connectivity index (χ3v) is 2.20. The summed E-state index contributed by atoms with van der Waals surface area (Å²) in [4.78, 5) is 0. The molecule has 0 N–H and O–H groups in total. The first-order chi connectivity index (χ1) is 7.69. The fourth-order valence-corrected chi connectivity index (χ4v) is 1.27. The van der Waals surface area contributed by atoms with Crippen LogP contribution in [0.3, 0.4) is 0 Å². The van der Waals surface area contributed by atoms with E-state index in [-0.39, 0.29) is 0 Å². The number of hydrogen-bond donors (Lipinski definition) is 0. The van der Waals surface area contributed by atoms with Crippen LogP contribution in [0.25, 0.3) is 0 Å². The van der Waals surface area contributed by atoms with E-state index in [0.29, 0.717) is 6.07 Å². The minimum Gasteiger partial charge on any atom is -0.433 e. The van der Waals surface area contributed by atoms with E-state index in [0.717, 1.165) is 6.07 Å². The van der Waals surface area contributed by atoms with Crippen molar-refractivity contribution >= 4 is 23.2 Å². The molecule has 0 radical (unpaired) electrons. The summed E-state index contributed by atoms with van der Waals surface area (Å²) in [6, 6.07) is 1.30. The summed E-state index contributed by atoms with van der Waals surface area (Å²) >= 11 is 10.9. The molecule has 0 bridgehead atoms. The van der Waals surface area contributed by atoms with Crippen LogP contribution in [-0.2, 0) is 0 Å². The summed E-state index contributed by atoms with van der Waals surface area (Å²) in [6.45, 7) is -3.25. The second kappa shape index (κ2) is 5.14. The molecule has 0 unspecified atom stereocenters. The van der Waals surface area contributed by atoms with Gasteiger partial charge in [0.15, 0.2) is 0 Å². The number of benzene rings is 1. The molecule has 0 atom stereocenters. The smallest absolute Gasteiger partial charge is 0.433 e. The van der Waals surface area contributed by atoms with Crippen LogP contribution in [0.2, 0.25) is 10.0 Å². The van der Waals surface area contributed by atoms with Crippen LogP contribution in [-0.4, -0.2) is 13.0 Å². The van der Waals surface area contributed by atoms with Crippen LogP contribution in [0.1, 0.15) is 0 Å². The van der Waals surface area contributed by atoms with Gasteiger partial charge in [-0.15, -0.1) is 13.2 Å². The van der Waals surface area contributed by atoms with Gasteiger partial charge in [-0.25, -0.2) is 0 Å². The second-order valence-electron chi connectivity index (χ2n) is 2.64. The quantitative estimate of drug-likeness (QED) is 0.765. The maximum atomic E-state index is 11.9. The Hall–Kier alpha value is -0.950. The van der Waals surface area contributed by atoms with Gasteiger partial charge >= 0.3 is 13.0 Å². The molecule has 96 valence electrons. The Morgan fingerprint density at radius 3 is 2.18 bits per heavy atom. The highest BCUT2D eigenvalue weighted by molar-refractivity contribution is 6.43. The Bertz CT molecular complexity index is 408. The van der Waals surface area contributed by atoms with Gasteiger partial charge in [-0.3, -0.25) is 0 Å². The zero-order valence-electron chi connectivity index (χ0n) is 7.69. The van der Waals surface area contributed by atoms with Crippen molar-refractivity contribution in [2.75, 3.05) is 0 Å². The normalized spacial score (nSPS) is 11.8. The maximum Gasteiger partial charge on any atom is 0.573 e. The summed E-state index contributed by atoms with van der Waals surface area (Å²) in [5.74, 6) is -1.50. The topological polar surface area (TPSA) is 18.5 Å². The lowest BCUT2D eigenvalue weighted by Gasteiger charge is -2.12. The van der Waals surface area contributed by atoms with E-state index in [9.17, 15) is 22.0 Å². The molecule has 0 aromatic heterocycles. The van der Waals surface area contributed by atoms with E-state index in [2.05, 4.69) is 9.47 Å². The maximum absolute atomic E-state index is 11.9. The second-order valence-corrected chi connectivity index (χ2v) is 3.43. The van der Waals surface area contributed by atoms with Gasteiger partial charge in [0.05, 0.1) is 5.02 Å². The molecule has 0 fully saturated rings. The van der Waals surface area contributed by atoms with Gasteiger partial charge < -0.3 is 9.47 Å². The predicted octanol–water partition coefficient (Wildman–Crippen LogP) is 4.49. The molecular weight excluding hydrogens is 294 g/mol. The van der Waals surface area contributed by atoms with Crippen LogP contribution < -0.4 is 9.47 Å². The molecule has 0 aliphatic carbocycles. The fourth-order valence-electron chi connectivity index (χ4n) is 0.914. The molecular formula is C8H3Cl2F5O2. The molecule has 2 nitrogen and oxygen atoms in total. The Kier molecular flexibility index (Phi) is 4.26. The van der Waals surface area contributed by atoms with E-state index >= 15 is 0 Å². The first-order valence-electron chi connectivity index (χ1n) is 3.88. The van der Waals surface area contributed by atoms with Crippen LogP contribution >= 0.6 is 23.2 Å². The van der Waals surface area contributed by atoms with Gasteiger partial charge in [-0.2, -0.15) is 8.78 Å². The summed E-state index contributed by atoms with van der Waals surface area (Å²) in [5.41, 5.74) is 0. The predicted molar refractivity (Wildman–Crippen MR) is 49.8 cm³/mol. The van der Waals surface area contributed by atoms with E-state index in [1.807, 2.05) is 0 Å². The first-order valence-corrected chi connectivity index (χ1v) is 4.64. The number of alkyl halides is 5. The molecule has 0 aliphatic heterocycles. The van der Waals surface area contributed by atoms with Crippen molar-refractivity contribution in [3.63, 3.8) is 0 Å². The number of ether oxygens (including phenoxy) is 2.